The number of benzene rings is 2. The number of nitriles is 1. The minimum absolute atomic E-state index is 0.0415. The Labute approximate surface area is 155 Å². The summed E-state index contributed by atoms with van der Waals surface area (Å²) in [5.41, 5.74) is 2.65. The highest BCUT2D eigenvalue weighted by Gasteiger charge is 2.14. The normalized spacial score (nSPS) is 11.6. The molecular weight excluding hydrogens is 324 g/mol. The number of nitrogens with one attached hydrogen (secondary N) is 1. The van der Waals surface area contributed by atoms with Crippen LogP contribution < -0.4 is 10.1 Å². The largest absolute Gasteiger partial charge is 0.492 e. The lowest BCUT2D eigenvalue weighted by atomic mass is 9.86. The molecule has 134 valence electrons. The number of hydrogen-bond donors (Lipinski definition) is 1. The Kier molecular flexibility index (Phi) is 6.19. The summed E-state index contributed by atoms with van der Waals surface area (Å²) in [6.45, 7) is 8.79. The fraction of sp³-hybridized carbons (Fsp3) is 0.273. The molecule has 0 aliphatic carbocycles. The van der Waals surface area contributed by atoms with E-state index in [1.54, 1.807) is 24.3 Å². The third-order valence-corrected chi connectivity index (χ3v) is 3.89. The number of amides is 1. The van der Waals surface area contributed by atoms with E-state index in [-0.39, 0.29) is 11.0 Å². The molecule has 0 radical (unpaired) electrons. The summed E-state index contributed by atoms with van der Waals surface area (Å²) in [5, 5.41) is 12.1. The standard InChI is InChI=1S/C22H24N2O2/c1-5-26-20-9-7-6-8-19(20)24-21(25)17(15-23)14-16-10-12-18(13-11-16)22(2,3)4/h6-14H,5H2,1-4H3,(H,24,25)/b17-14+. The Morgan fingerprint density at radius 2 is 1.81 bits per heavy atom. The van der Waals surface area contributed by atoms with Gasteiger partial charge in [0.1, 0.15) is 17.4 Å². The van der Waals surface area contributed by atoms with Crippen LogP contribution in [-0.4, -0.2) is 12.5 Å². The van der Waals surface area contributed by atoms with Gasteiger partial charge in [0.2, 0.25) is 0 Å². The van der Waals surface area contributed by atoms with Crippen molar-refractivity contribution in [2.45, 2.75) is 33.1 Å². The van der Waals surface area contributed by atoms with E-state index in [0.29, 0.717) is 18.0 Å². The van der Waals surface area contributed by atoms with Crippen LogP contribution in [0.15, 0.2) is 54.1 Å². The maximum absolute atomic E-state index is 12.5. The van der Waals surface area contributed by atoms with E-state index in [9.17, 15) is 10.1 Å². The van der Waals surface area contributed by atoms with Crippen LogP contribution in [0.3, 0.4) is 0 Å². The van der Waals surface area contributed by atoms with Gasteiger partial charge in [0.25, 0.3) is 5.91 Å². The van der Waals surface area contributed by atoms with Crippen LogP contribution in [0.5, 0.6) is 5.75 Å². The van der Waals surface area contributed by atoms with E-state index in [4.69, 9.17) is 4.74 Å². The Hall–Kier alpha value is -3.06. The fourth-order valence-electron chi connectivity index (χ4n) is 2.44. The molecule has 2 aromatic carbocycles. The van der Waals surface area contributed by atoms with Gasteiger partial charge in [-0.1, -0.05) is 57.2 Å². The van der Waals surface area contributed by atoms with E-state index in [0.717, 1.165) is 5.56 Å². The van der Waals surface area contributed by atoms with Crippen LogP contribution in [0.1, 0.15) is 38.8 Å². The first kappa shape index (κ1) is 19.3. The van der Waals surface area contributed by atoms with Crippen molar-refractivity contribution in [3.05, 3.63) is 65.2 Å². The second-order valence-electron chi connectivity index (χ2n) is 6.93. The highest BCUT2D eigenvalue weighted by molar-refractivity contribution is 6.10. The average Bonchev–Trinajstić information content (AvgIpc) is 2.61. The topological polar surface area (TPSA) is 62.1 Å². The molecule has 0 spiro atoms. The van der Waals surface area contributed by atoms with Crippen LogP contribution in [-0.2, 0) is 10.2 Å². The summed E-state index contributed by atoms with van der Waals surface area (Å²) in [6.07, 6.45) is 1.59. The van der Waals surface area contributed by atoms with Crippen LogP contribution >= 0.6 is 0 Å². The maximum atomic E-state index is 12.5. The van der Waals surface area contributed by atoms with Crippen molar-refractivity contribution in [1.29, 1.82) is 5.26 Å². The number of carbonyl (C=O) groups excluding carboxylic acids is 1. The Morgan fingerprint density at radius 3 is 2.38 bits per heavy atom. The smallest absolute Gasteiger partial charge is 0.266 e. The molecule has 0 aliphatic heterocycles. The lowest BCUT2D eigenvalue weighted by Gasteiger charge is -2.18. The van der Waals surface area contributed by atoms with Gasteiger partial charge in [0.05, 0.1) is 12.3 Å². The summed E-state index contributed by atoms with van der Waals surface area (Å²) in [4.78, 5) is 12.5. The lowest BCUT2D eigenvalue weighted by molar-refractivity contribution is -0.112. The fourth-order valence-corrected chi connectivity index (χ4v) is 2.44. The highest BCUT2D eigenvalue weighted by atomic mass is 16.5. The van der Waals surface area contributed by atoms with Crippen molar-refractivity contribution in [3.63, 3.8) is 0 Å². The second-order valence-corrected chi connectivity index (χ2v) is 6.93. The molecule has 0 heterocycles. The van der Waals surface area contributed by atoms with Gasteiger partial charge in [0, 0.05) is 0 Å². The zero-order chi connectivity index (χ0) is 19.2. The average molecular weight is 348 g/mol. The molecule has 1 N–H and O–H groups in total. The SMILES string of the molecule is CCOc1ccccc1NC(=O)/C(C#N)=C/c1ccc(C(C)(C)C)cc1. The molecule has 4 nitrogen and oxygen atoms in total. The van der Waals surface area contributed by atoms with Gasteiger partial charge < -0.3 is 10.1 Å². The first-order valence-corrected chi connectivity index (χ1v) is 8.60. The second kappa shape index (κ2) is 8.35. The predicted octanol–water partition coefficient (Wildman–Crippen LogP) is 4.93. The highest BCUT2D eigenvalue weighted by Crippen LogP contribution is 2.25. The molecule has 26 heavy (non-hydrogen) atoms. The summed E-state index contributed by atoms with van der Waals surface area (Å²) >= 11 is 0. The van der Waals surface area contributed by atoms with Gasteiger partial charge in [-0.3, -0.25) is 4.79 Å². The maximum Gasteiger partial charge on any atom is 0.266 e. The quantitative estimate of drug-likeness (QED) is 0.615. The number of anilines is 1. The van der Waals surface area contributed by atoms with Crippen LogP contribution in [0, 0.1) is 11.3 Å². The summed E-state index contributed by atoms with van der Waals surface area (Å²) in [5.74, 6) is 0.120. The van der Waals surface area contributed by atoms with E-state index in [2.05, 4.69) is 26.1 Å². The Balaban J connectivity index is 2.21. The van der Waals surface area contributed by atoms with E-state index < -0.39 is 5.91 Å². The summed E-state index contributed by atoms with van der Waals surface area (Å²) in [7, 11) is 0. The predicted molar refractivity (Wildman–Crippen MR) is 105 cm³/mol. The van der Waals surface area contributed by atoms with Crippen LogP contribution in [0.2, 0.25) is 0 Å². The molecule has 0 fully saturated rings. The van der Waals surface area contributed by atoms with Crippen molar-refractivity contribution in [1.82, 2.24) is 0 Å². The molecule has 0 saturated heterocycles. The van der Waals surface area contributed by atoms with Gasteiger partial charge >= 0.3 is 0 Å². The number of ether oxygens (including phenoxy) is 1. The number of carbonyl (C=O) groups is 1. The van der Waals surface area contributed by atoms with Gasteiger partial charge in [-0.25, -0.2) is 0 Å². The van der Waals surface area contributed by atoms with Gasteiger partial charge in [0.15, 0.2) is 0 Å². The number of rotatable bonds is 5. The zero-order valence-electron chi connectivity index (χ0n) is 15.7. The van der Waals surface area contributed by atoms with Crippen LogP contribution in [0.25, 0.3) is 6.08 Å². The molecule has 0 aromatic heterocycles. The first-order chi connectivity index (χ1) is 12.3. The number of nitrogens with zero attached hydrogens (tertiary/aromatic N) is 1. The lowest BCUT2D eigenvalue weighted by Crippen LogP contribution is -2.14. The monoisotopic (exact) mass is 348 g/mol. The minimum atomic E-state index is -0.459. The Bertz CT molecular complexity index is 838. The Morgan fingerprint density at radius 1 is 1.15 bits per heavy atom. The van der Waals surface area contributed by atoms with Crippen molar-refractivity contribution in [2.24, 2.45) is 0 Å². The van der Waals surface area contributed by atoms with E-state index in [1.807, 2.05) is 43.3 Å². The molecule has 0 atom stereocenters. The molecule has 0 unspecified atom stereocenters. The summed E-state index contributed by atoms with van der Waals surface area (Å²) in [6, 6.07) is 17.0. The minimum Gasteiger partial charge on any atom is -0.492 e. The van der Waals surface area contributed by atoms with Crippen molar-refractivity contribution in [2.75, 3.05) is 11.9 Å². The van der Waals surface area contributed by atoms with E-state index in [1.165, 1.54) is 5.56 Å². The third-order valence-electron chi connectivity index (χ3n) is 3.89. The number of hydrogen-bond acceptors (Lipinski definition) is 3. The molecule has 0 saturated carbocycles. The molecule has 2 aromatic rings. The van der Waals surface area contributed by atoms with Gasteiger partial charge in [-0.2, -0.15) is 5.26 Å². The zero-order valence-corrected chi connectivity index (χ0v) is 15.7. The number of para-hydroxylation sites is 2. The van der Waals surface area contributed by atoms with Gasteiger partial charge in [-0.15, -0.1) is 0 Å². The third kappa shape index (κ3) is 4.97. The molecule has 4 heteroatoms. The van der Waals surface area contributed by atoms with Crippen molar-refractivity contribution >= 4 is 17.7 Å². The van der Waals surface area contributed by atoms with Gasteiger partial charge in [-0.05, 0) is 41.7 Å². The van der Waals surface area contributed by atoms with E-state index >= 15 is 0 Å². The summed E-state index contributed by atoms with van der Waals surface area (Å²) < 4.78 is 5.50. The molecule has 2 rings (SSSR count). The van der Waals surface area contributed by atoms with Crippen LogP contribution in [0.4, 0.5) is 5.69 Å². The van der Waals surface area contributed by atoms with Crippen molar-refractivity contribution in [3.8, 4) is 11.8 Å². The molecular formula is C22H24N2O2. The van der Waals surface area contributed by atoms with Crippen molar-refractivity contribution < 1.29 is 9.53 Å². The molecule has 1 amide bonds. The molecule has 0 aliphatic rings. The first-order valence-electron chi connectivity index (χ1n) is 8.60. The molecule has 0 bridgehead atoms.